The lowest BCUT2D eigenvalue weighted by Gasteiger charge is -2.12. The normalized spacial score (nSPS) is 11.0. The number of thioether (sulfide) groups is 1. The molecule has 0 aliphatic rings. The van der Waals surface area contributed by atoms with E-state index in [-0.39, 0.29) is 11.7 Å². The molecule has 1 N–H and O–H groups in total. The van der Waals surface area contributed by atoms with Crippen LogP contribution >= 0.6 is 23.4 Å². The van der Waals surface area contributed by atoms with Gasteiger partial charge in [-0.3, -0.25) is 9.36 Å². The van der Waals surface area contributed by atoms with Crippen molar-refractivity contribution in [3.05, 3.63) is 76.8 Å². The number of nitrogens with one attached hydrogen (secondary N) is 1. The smallest absolute Gasteiger partial charge is 0.250 e. The van der Waals surface area contributed by atoms with Gasteiger partial charge in [0.1, 0.15) is 0 Å². The number of hydrazone groups is 1. The van der Waals surface area contributed by atoms with E-state index in [1.165, 1.54) is 39.3 Å². The van der Waals surface area contributed by atoms with Gasteiger partial charge in [-0.15, -0.1) is 10.2 Å². The van der Waals surface area contributed by atoms with Crippen molar-refractivity contribution in [3.63, 3.8) is 0 Å². The Bertz CT molecular complexity index is 1410. The van der Waals surface area contributed by atoms with Crippen LogP contribution < -0.4 is 19.6 Å². The molecule has 0 saturated heterocycles. The van der Waals surface area contributed by atoms with Crippen molar-refractivity contribution in [2.45, 2.75) is 12.1 Å². The number of carbonyl (C=O) groups excluding carboxylic acids is 1. The van der Waals surface area contributed by atoms with Crippen LogP contribution in [0.4, 0.5) is 0 Å². The van der Waals surface area contributed by atoms with Crippen molar-refractivity contribution in [1.29, 1.82) is 0 Å². The first kappa shape index (κ1) is 27.0. The Morgan fingerprint density at radius 1 is 1.00 bits per heavy atom. The zero-order chi connectivity index (χ0) is 27.1. The van der Waals surface area contributed by atoms with Gasteiger partial charge in [0.2, 0.25) is 5.75 Å². The first-order chi connectivity index (χ1) is 18.4. The van der Waals surface area contributed by atoms with Crippen LogP contribution in [0.1, 0.15) is 11.1 Å². The number of hydrogen-bond donors (Lipinski definition) is 1. The molecule has 38 heavy (non-hydrogen) atoms. The highest BCUT2D eigenvalue weighted by atomic mass is 35.5. The van der Waals surface area contributed by atoms with E-state index in [9.17, 15) is 4.79 Å². The van der Waals surface area contributed by atoms with Gasteiger partial charge in [-0.05, 0) is 55.5 Å². The average molecular weight is 552 g/mol. The summed E-state index contributed by atoms with van der Waals surface area (Å²) in [7, 11) is 4.60. The molecule has 9 nitrogen and oxygen atoms in total. The van der Waals surface area contributed by atoms with Gasteiger partial charge < -0.3 is 14.2 Å². The van der Waals surface area contributed by atoms with Crippen molar-refractivity contribution in [1.82, 2.24) is 20.2 Å². The lowest BCUT2D eigenvalue weighted by Crippen LogP contribution is -2.20. The minimum Gasteiger partial charge on any atom is -0.493 e. The summed E-state index contributed by atoms with van der Waals surface area (Å²) < 4.78 is 17.9. The maximum atomic E-state index is 12.6. The number of amides is 1. The minimum atomic E-state index is -0.301. The van der Waals surface area contributed by atoms with Crippen molar-refractivity contribution in [2.24, 2.45) is 5.10 Å². The molecule has 3 aromatic carbocycles. The molecule has 0 radical (unpaired) electrons. The Morgan fingerprint density at radius 2 is 1.66 bits per heavy atom. The molecule has 196 valence electrons. The van der Waals surface area contributed by atoms with Gasteiger partial charge in [0.25, 0.3) is 5.91 Å². The summed E-state index contributed by atoms with van der Waals surface area (Å²) in [5.74, 6) is 1.88. The van der Waals surface area contributed by atoms with E-state index in [4.69, 9.17) is 25.8 Å². The molecule has 0 fully saturated rings. The Labute approximate surface area is 229 Å². The van der Waals surface area contributed by atoms with Gasteiger partial charge in [0.15, 0.2) is 22.5 Å². The summed E-state index contributed by atoms with van der Waals surface area (Å²) in [6.45, 7) is 2.02. The molecule has 0 atom stereocenters. The van der Waals surface area contributed by atoms with Crippen LogP contribution in [-0.4, -0.2) is 54.0 Å². The fourth-order valence-electron chi connectivity index (χ4n) is 3.59. The van der Waals surface area contributed by atoms with E-state index < -0.39 is 0 Å². The number of halogens is 1. The zero-order valence-electron chi connectivity index (χ0n) is 21.3. The highest BCUT2D eigenvalue weighted by molar-refractivity contribution is 7.99. The van der Waals surface area contributed by atoms with Gasteiger partial charge in [-0.2, -0.15) is 5.10 Å². The van der Waals surface area contributed by atoms with Crippen LogP contribution in [0.25, 0.3) is 17.1 Å². The minimum absolute atomic E-state index is 0.0806. The monoisotopic (exact) mass is 551 g/mol. The van der Waals surface area contributed by atoms with E-state index in [1.54, 1.807) is 24.3 Å². The molecule has 4 rings (SSSR count). The fraction of sp³-hybridized carbons (Fsp3) is 0.185. The van der Waals surface area contributed by atoms with Crippen molar-refractivity contribution in [3.8, 4) is 34.3 Å². The summed E-state index contributed by atoms with van der Waals surface area (Å²) in [4.78, 5) is 12.6. The number of benzene rings is 3. The third kappa shape index (κ3) is 6.27. The number of nitrogens with zero attached hydrogens (tertiary/aromatic N) is 4. The third-order valence-electron chi connectivity index (χ3n) is 5.45. The van der Waals surface area contributed by atoms with Gasteiger partial charge in [0, 0.05) is 21.8 Å². The van der Waals surface area contributed by atoms with Crippen LogP contribution in [0.5, 0.6) is 17.2 Å². The lowest BCUT2D eigenvalue weighted by atomic mass is 10.2. The van der Waals surface area contributed by atoms with Gasteiger partial charge in [0.05, 0.1) is 33.3 Å². The lowest BCUT2D eigenvalue weighted by molar-refractivity contribution is -0.118. The van der Waals surface area contributed by atoms with E-state index in [0.29, 0.717) is 38.8 Å². The highest BCUT2D eigenvalue weighted by Gasteiger charge is 2.17. The second kappa shape index (κ2) is 12.5. The first-order valence-corrected chi connectivity index (χ1v) is 12.8. The van der Waals surface area contributed by atoms with E-state index >= 15 is 0 Å². The number of rotatable bonds is 10. The summed E-state index contributed by atoms with van der Waals surface area (Å²) in [6.07, 6.45) is 1.50. The molecule has 0 aliphatic carbocycles. The molecule has 11 heteroatoms. The predicted octanol–water partition coefficient (Wildman–Crippen LogP) is 5.16. The Kier molecular flexibility index (Phi) is 8.88. The molecule has 0 spiro atoms. The number of methoxy groups -OCH3 is 3. The molecular formula is C27H26ClN5O4S. The number of ether oxygens (including phenoxy) is 3. The summed E-state index contributed by atoms with van der Waals surface area (Å²) >= 11 is 7.32. The highest BCUT2D eigenvalue weighted by Crippen LogP contribution is 2.37. The molecule has 4 aromatic rings. The topological polar surface area (TPSA) is 99.9 Å². The molecule has 0 unspecified atom stereocenters. The number of aromatic nitrogens is 3. The van der Waals surface area contributed by atoms with Crippen LogP contribution in [0, 0.1) is 6.92 Å². The average Bonchev–Trinajstić information content (AvgIpc) is 3.36. The molecule has 0 aliphatic heterocycles. The Morgan fingerprint density at radius 3 is 2.26 bits per heavy atom. The molecule has 0 bridgehead atoms. The Hall–Kier alpha value is -4.02. The predicted molar refractivity (Wildman–Crippen MR) is 149 cm³/mol. The van der Waals surface area contributed by atoms with E-state index in [0.717, 1.165) is 16.8 Å². The van der Waals surface area contributed by atoms with E-state index in [2.05, 4.69) is 20.7 Å². The van der Waals surface area contributed by atoms with Crippen LogP contribution in [-0.2, 0) is 4.79 Å². The quantitative estimate of drug-likeness (QED) is 0.165. The second-order valence-corrected chi connectivity index (χ2v) is 9.40. The van der Waals surface area contributed by atoms with Gasteiger partial charge in [-0.1, -0.05) is 41.1 Å². The second-order valence-electron chi connectivity index (χ2n) is 8.02. The van der Waals surface area contributed by atoms with Crippen molar-refractivity contribution >= 4 is 35.5 Å². The summed E-state index contributed by atoms with van der Waals surface area (Å²) in [5, 5.41) is 14.0. The van der Waals surface area contributed by atoms with Crippen LogP contribution in [0.15, 0.2) is 70.9 Å². The number of hydrogen-bond acceptors (Lipinski definition) is 8. The molecule has 0 saturated carbocycles. The largest absolute Gasteiger partial charge is 0.493 e. The third-order valence-corrected chi connectivity index (χ3v) is 6.63. The molecule has 1 amide bonds. The van der Waals surface area contributed by atoms with Crippen molar-refractivity contribution in [2.75, 3.05) is 27.1 Å². The first-order valence-electron chi connectivity index (χ1n) is 11.5. The number of aryl methyl sites for hydroxylation is 1. The van der Waals surface area contributed by atoms with Crippen LogP contribution in [0.2, 0.25) is 5.02 Å². The zero-order valence-corrected chi connectivity index (χ0v) is 22.8. The van der Waals surface area contributed by atoms with Gasteiger partial charge >= 0.3 is 0 Å². The van der Waals surface area contributed by atoms with E-state index in [1.807, 2.05) is 47.9 Å². The van der Waals surface area contributed by atoms with Crippen LogP contribution in [0.3, 0.4) is 0 Å². The van der Waals surface area contributed by atoms with Crippen molar-refractivity contribution < 1.29 is 19.0 Å². The summed E-state index contributed by atoms with van der Waals surface area (Å²) in [6, 6.07) is 18.8. The molecule has 1 aromatic heterocycles. The summed E-state index contributed by atoms with van der Waals surface area (Å²) in [5.41, 5.74) is 6.08. The standard InChI is InChI=1S/C27H26ClN5O4S/c1-17-5-11-21(12-6-17)33-26(19-7-9-20(28)10-8-19)31-32-27(33)38-16-24(34)30-29-15-18-13-22(35-2)25(37-4)23(14-18)36-3/h5-15H,16H2,1-4H3,(H,30,34)/b29-15-. The molecule has 1 heterocycles. The maximum absolute atomic E-state index is 12.6. The number of carbonyl (C=O) groups is 1. The maximum Gasteiger partial charge on any atom is 0.250 e. The van der Waals surface area contributed by atoms with Gasteiger partial charge in [-0.25, -0.2) is 5.43 Å². The Balaban J connectivity index is 1.49. The SMILES string of the molecule is COc1cc(/C=N\NC(=O)CSc2nnc(-c3ccc(Cl)cc3)n2-c2ccc(C)cc2)cc(OC)c1OC. The fourth-order valence-corrected chi connectivity index (χ4v) is 4.46. The molecular weight excluding hydrogens is 526 g/mol.